The number of unbranched alkanes of at least 4 members (excludes halogenated alkanes) is 2. The van der Waals surface area contributed by atoms with Crippen LogP contribution in [-0.2, 0) is 9.53 Å². The molecule has 1 aliphatic rings. The number of esters is 1. The first-order valence-corrected chi connectivity index (χ1v) is 11.0. The summed E-state index contributed by atoms with van der Waals surface area (Å²) in [5, 5.41) is 6.55. The fraction of sp³-hybridized carbons (Fsp3) is 0.478. The Hall–Kier alpha value is -3.36. The molecule has 1 aromatic heterocycles. The van der Waals surface area contributed by atoms with Crippen LogP contribution in [0.25, 0.3) is 10.9 Å². The van der Waals surface area contributed by atoms with Crippen molar-refractivity contribution in [2.45, 2.75) is 39.0 Å². The summed E-state index contributed by atoms with van der Waals surface area (Å²) < 4.78 is 10.3. The van der Waals surface area contributed by atoms with Gasteiger partial charge in [0.05, 0.1) is 19.2 Å². The molecule has 2 aromatic rings. The van der Waals surface area contributed by atoms with E-state index in [4.69, 9.17) is 9.47 Å². The number of methoxy groups -OCH3 is 1. The zero-order valence-corrected chi connectivity index (χ0v) is 18.6. The lowest BCUT2D eigenvalue weighted by Gasteiger charge is -2.27. The second-order valence-corrected chi connectivity index (χ2v) is 7.48. The lowest BCUT2D eigenvalue weighted by Crippen LogP contribution is -2.49. The topological polar surface area (TPSA) is 101 Å². The average molecular weight is 443 g/mol. The van der Waals surface area contributed by atoms with Crippen molar-refractivity contribution in [1.29, 1.82) is 0 Å². The van der Waals surface area contributed by atoms with E-state index in [1.54, 1.807) is 20.1 Å². The molecule has 0 radical (unpaired) electrons. The van der Waals surface area contributed by atoms with Crippen LogP contribution in [0, 0.1) is 0 Å². The monoisotopic (exact) mass is 442 g/mol. The molecular weight excluding hydrogens is 412 g/mol. The number of benzene rings is 1. The molecule has 3 amide bonds. The van der Waals surface area contributed by atoms with Gasteiger partial charge in [0.25, 0.3) is 5.91 Å². The molecule has 172 valence electrons. The van der Waals surface area contributed by atoms with Crippen LogP contribution in [0.4, 0.5) is 4.79 Å². The normalized spacial score (nSPS) is 13.3. The Bertz CT molecular complexity index is 965. The van der Waals surface area contributed by atoms with Crippen LogP contribution >= 0.6 is 0 Å². The number of hydrogen-bond acceptors (Lipinski definition) is 6. The SMILES string of the molecule is CCOC(=O)CCCCCNC(=O)N1CCCN1C(=O)c1cc(OC)c2ccccc2n1. The van der Waals surface area contributed by atoms with Crippen LogP contribution in [0.5, 0.6) is 5.75 Å². The van der Waals surface area contributed by atoms with Crippen LogP contribution < -0.4 is 10.1 Å². The molecular formula is C23H30N4O5. The Morgan fingerprint density at radius 2 is 1.88 bits per heavy atom. The molecule has 0 bridgehead atoms. The van der Waals surface area contributed by atoms with E-state index < -0.39 is 0 Å². The molecule has 1 N–H and O–H groups in total. The van der Waals surface area contributed by atoms with Crippen molar-refractivity contribution in [3.63, 3.8) is 0 Å². The molecule has 32 heavy (non-hydrogen) atoms. The van der Waals surface area contributed by atoms with Crippen LogP contribution in [0.3, 0.4) is 0 Å². The molecule has 1 saturated heterocycles. The quantitative estimate of drug-likeness (QED) is 0.473. The fourth-order valence-electron chi connectivity index (χ4n) is 3.68. The van der Waals surface area contributed by atoms with Crippen molar-refractivity contribution in [2.75, 3.05) is 33.4 Å². The summed E-state index contributed by atoms with van der Waals surface area (Å²) in [7, 11) is 1.55. The molecule has 9 heteroatoms. The summed E-state index contributed by atoms with van der Waals surface area (Å²) in [5.41, 5.74) is 0.896. The van der Waals surface area contributed by atoms with Crippen molar-refractivity contribution in [1.82, 2.24) is 20.3 Å². The molecule has 1 aromatic carbocycles. The van der Waals surface area contributed by atoms with Gasteiger partial charge in [0, 0.05) is 37.5 Å². The number of para-hydroxylation sites is 1. The van der Waals surface area contributed by atoms with Crippen LogP contribution in [0.15, 0.2) is 30.3 Å². The predicted molar refractivity (Wildman–Crippen MR) is 119 cm³/mol. The number of nitrogens with one attached hydrogen (secondary N) is 1. The predicted octanol–water partition coefficient (Wildman–Crippen LogP) is 3.14. The molecule has 3 rings (SSSR count). The molecule has 0 aliphatic carbocycles. The molecule has 1 aliphatic heterocycles. The Kier molecular flexibility index (Phi) is 8.24. The zero-order chi connectivity index (χ0) is 22.9. The van der Waals surface area contributed by atoms with Gasteiger partial charge in [0.2, 0.25) is 0 Å². The Morgan fingerprint density at radius 3 is 2.66 bits per heavy atom. The number of rotatable bonds is 9. The van der Waals surface area contributed by atoms with Crippen molar-refractivity contribution < 1.29 is 23.9 Å². The molecule has 0 saturated carbocycles. The second-order valence-electron chi connectivity index (χ2n) is 7.48. The third-order valence-electron chi connectivity index (χ3n) is 5.26. The molecule has 1 fully saturated rings. The van der Waals surface area contributed by atoms with Crippen LogP contribution in [0.2, 0.25) is 0 Å². The minimum atomic E-state index is -0.337. The maximum atomic E-state index is 13.1. The Labute approximate surface area is 187 Å². The molecule has 0 unspecified atom stereocenters. The molecule has 9 nitrogen and oxygen atoms in total. The third-order valence-corrected chi connectivity index (χ3v) is 5.26. The van der Waals surface area contributed by atoms with Gasteiger partial charge in [-0.2, -0.15) is 0 Å². The van der Waals surface area contributed by atoms with E-state index in [2.05, 4.69) is 10.3 Å². The first-order valence-electron chi connectivity index (χ1n) is 11.0. The number of carbonyl (C=O) groups is 3. The van der Waals surface area contributed by atoms with Crippen molar-refractivity contribution in [3.05, 3.63) is 36.0 Å². The van der Waals surface area contributed by atoms with Crippen LogP contribution in [0.1, 0.15) is 49.5 Å². The Morgan fingerprint density at radius 1 is 1.09 bits per heavy atom. The van der Waals surface area contributed by atoms with Gasteiger partial charge in [-0.3, -0.25) is 9.59 Å². The smallest absolute Gasteiger partial charge is 0.336 e. The van der Waals surface area contributed by atoms with Gasteiger partial charge in [0.15, 0.2) is 0 Å². The van der Waals surface area contributed by atoms with E-state index in [0.717, 1.165) is 24.6 Å². The highest BCUT2D eigenvalue weighted by Crippen LogP contribution is 2.26. The summed E-state index contributed by atoms with van der Waals surface area (Å²) in [6.45, 7) is 3.56. The Balaban J connectivity index is 1.56. The summed E-state index contributed by atoms with van der Waals surface area (Å²) in [6.07, 6.45) is 3.36. The number of carbonyl (C=O) groups excluding carboxylic acids is 3. The van der Waals surface area contributed by atoms with E-state index in [9.17, 15) is 14.4 Å². The number of nitrogens with zero attached hydrogens (tertiary/aromatic N) is 3. The summed E-state index contributed by atoms with van der Waals surface area (Å²) in [6, 6.07) is 8.75. The van der Waals surface area contributed by atoms with E-state index in [1.165, 1.54) is 10.0 Å². The summed E-state index contributed by atoms with van der Waals surface area (Å²) in [5.74, 6) is 0.0368. The number of hydrogen-bond donors (Lipinski definition) is 1. The van der Waals surface area contributed by atoms with Gasteiger partial charge in [0.1, 0.15) is 11.4 Å². The maximum absolute atomic E-state index is 13.1. The lowest BCUT2D eigenvalue weighted by molar-refractivity contribution is -0.143. The van der Waals surface area contributed by atoms with Crippen LogP contribution in [-0.4, -0.2) is 66.3 Å². The number of fused-ring (bicyclic) bond motifs is 1. The molecule has 2 heterocycles. The average Bonchev–Trinajstić information content (AvgIpc) is 3.30. The van der Waals surface area contributed by atoms with Gasteiger partial charge in [-0.1, -0.05) is 18.6 Å². The van der Waals surface area contributed by atoms with Crippen molar-refractivity contribution >= 4 is 28.8 Å². The minimum Gasteiger partial charge on any atom is -0.496 e. The van der Waals surface area contributed by atoms with Gasteiger partial charge in [-0.25, -0.2) is 19.8 Å². The van der Waals surface area contributed by atoms with Gasteiger partial charge in [-0.15, -0.1) is 0 Å². The second kappa shape index (κ2) is 11.3. The highest BCUT2D eigenvalue weighted by Gasteiger charge is 2.32. The standard InChI is InChI=1S/C23H30N4O5/c1-3-32-21(28)12-5-4-8-13-24-23(30)27-15-9-14-26(27)22(29)19-16-20(31-2)17-10-6-7-11-18(17)25-19/h6-7,10-11,16H,3-5,8-9,12-15H2,1-2H3,(H,24,30). The van der Waals surface area contributed by atoms with Gasteiger partial charge >= 0.3 is 12.0 Å². The largest absolute Gasteiger partial charge is 0.496 e. The third kappa shape index (κ3) is 5.66. The molecule has 0 atom stereocenters. The number of amides is 3. The first kappa shape index (κ1) is 23.3. The van der Waals surface area contributed by atoms with E-state index in [0.29, 0.717) is 50.3 Å². The van der Waals surface area contributed by atoms with Gasteiger partial charge < -0.3 is 14.8 Å². The van der Waals surface area contributed by atoms with E-state index in [-0.39, 0.29) is 23.6 Å². The molecule has 0 spiro atoms. The number of pyridine rings is 1. The fourth-order valence-corrected chi connectivity index (χ4v) is 3.68. The first-order chi connectivity index (χ1) is 15.5. The number of hydrazine groups is 1. The van der Waals surface area contributed by atoms with Gasteiger partial charge in [-0.05, 0) is 38.3 Å². The number of ether oxygens (including phenoxy) is 2. The summed E-state index contributed by atoms with van der Waals surface area (Å²) in [4.78, 5) is 41.6. The van der Waals surface area contributed by atoms with E-state index in [1.807, 2.05) is 24.3 Å². The van der Waals surface area contributed by atoms with Crippen molar-refractivity contribution in [2.24, 2.45) is 0 Å². The lowest BCUT2D eigenvalue weighted by atomic mass is 10.1. The highest BCUT2D eigenvalue weighted by molar-refractivity contribution is 5.98. The summed E-state index contributed by atoms with van der Waals surface area (Å²) >= 11 is 0. The van der Waals surface area contributed by atoms with E-state index >= 15 is 0 Å². The number of urea groups is 1. The number of aromatic nitrogens is 1. The zero-order valence-electron chi connectivity index (χ0n) is 18.6. The van der Waals surface area contributed by atoms with Crippen molar-refractivity contribution in [3.8, 4) is 5.75 Å². The maximum Gasteiger partial charge on any atom is 0.336 e. The highest BCUT2D eigenvalue weighted by atomic mass is 16.5. The minimum absolute atomic E-state index is 0.193.